The van der Waals surface area contributed by atoms with Gasteiger partial charge in [-0.05, 0) is 47.5 Å². The van der Waals surface area contributed by atoms with E-state index in [4.69, 9.17) is 23.2 Å². The van der Waals surface area contributed by atoms with Gasteiger partial charge >= 0.3 is 0 Å². The van der Waals surface area contributed by atoms with Crippen LogP contribution in [0.2, 0.25) is 10.0 Å². The van der Waals surface area contributed by atoms with Crippen LogP contribution in [0.25, 0.3) is 11.1 Å². The van der Waals surface area contributed by atoms with E-state index in [0.29, 0.717) is 21.2 Å². The van der Waals surface area contributed by atoms with Gasteiger partial charge in [-0.15, -0.1) is 0 Å². The van der Waals surface area contributed by atoms with Gasteiger partial charge in [0.25, 0.3) is 0 Å². The maximum Gasteiger partial charge on any atom is 0.125 e. The molecule has 0 saturated carbocycles. The molecule has 16 heavy (non-hydrogen) atoms. The molecule has 0 atom stereocenters. The van der Waals surface area contributed by atoms with Crippen molar-refractivity contribution in [3.8, 4) is 16.9 Å². The van der Waals surface area contributed by atoms with E-state index in [2.05, 4.69) is 0 Å². The standard InChI is InChI=1S/C12H7Cl2FO/c13-9-1-7(3-11(15)5-9)8-2-10(14)6-12(16)4-8/h1-6,16H. The topological polar surface area (TPSA) is 20.2 Å². The van der Waals surface area contributed by atoms with Crippen LogP contribution in [0, 0.1) is 5.82 Å². The van der Waals surface area contributed by atoms with Gasteiger partial charge in [0, 0.05) is 10.0 Å². The van der Waals surface area contributed by atoms with E-state index in [9.17, 15) is 9.50 Å². The average molecular weight is 257 g/mol. The molecular formula is C12H7Cl2FO. The second kappa shape index (κ2) is 4.32. The monoisotopic (exact) mass is 256 g/mol. The van der Waals surface area contributed by atoms with E-state index < -0.39 is 5.82 Å². The van der Waals surface area contributed by atoms with Crippen molar-refractivity contribution < 1.29 is 9.50 Å². The van der Waals surface area contributed by atoms with E-state index in [-0.39, 0.29) is 5.75 Å². The molecule has 0 radical (unpaired) electrons. The van der Waals surface area contributed by atoms with Gasteiger partial charge in [0.1, 0.15) is 11.6 Å². The lowest BCUT2D eigenvalue weighted by Gasteiger charge is -2.04. The van der Waals surface area contributed by atoms with Crippen molar-refractivity contribution in [2.24, 2.45) is 0 Å². The van der Waals surface area contributed by atoms with Crippen LogP contribution in [0.3, 0.4) is 0 Å². The normalized spacial score (nSPS) is 10.4. The molecule has 0 aliphatic rings. The number of phenolic OH excluding ortho intramolecular Hbond substituents is 1. The predicted octanol–water partition coefficient (Wildman–Crippen LogP) is 4.51. The highest BCUT2D eigenvalue weighted by atomic mass is 35.5. The largest absolute Gasteiger partial charge is 0.508 e. The summed E-state index contributed by atoms with van der Waals surface area (Å²) in [5.74, 6) is -0.398. The Bertz CT molecular complexity index is 451. The highest BCUT2D eigenvalue weighted by Crippen LogP contribution is 2.29. The van der Waals surface area contributed by atoms with Crippen LogP contribution in [0.5, 0.6) is 5.75 Å². The summed E-state index contributed by atoms with van der Waals surface area (Å²) in [5, 5.41) is 10.1. The molecule has 0 spiro atoms. The number of aromatic hydroxyl groups is 1. The maximum atomic E-state index is 13.1. The van der Waals surface area contributed by atoms with Crippen LogP contribution in [0.4, 0.5) is 4.39 Å². The Morgan fingerprint density at radius 1 is 0.812 bits per heavy atom. The molecule has 0 aromatic heterocycles. The number of phenols is 1. The molecule has 2 aromatic rings. The molecule has 0 aliphatic heterocycles. The summed E-state index contributed by atoms with van der Waals surface area (Å²) in [4.78, 5) is 0. The second-order valence-electron chi connectivity index (χ2n) is 3.36. The molecule has 2 rings (SSSR count). The molecule has 0 saturated heterocycles. The Kier molecular flexibility index (Phi) is 3.03. The lowest BCUT2D eigenvalue weighted by Crippen LogP contribution is -1.81. The van der Waals surface area contributed by atoms with E-state index in [1.807, 2.05) is 0 Å². The Morgan fingerprint density at radius 3 is 1.94 bits per heavy atom. The molecule has 0 amide bonds. The quantitative estimate of drug-likeness (QED) is 0.797. The summed E-state index contributed by atoms with van der Waals surface area (Å²) in [6.45, 7) is 0. The molecule has 0 bridgehead atoms. The van der Waals surface area contributed by atoms with Crippen molar-refractivity contribution in [1.29, 1.82) is 0 Å². The first-order valence-electron chi connectivity index (χ1n) is 4.50. The summed E-state index contributed by atoms with van der Waals surface area (Å²) < 4.78 is 13.1. The number of halogens is 3. The number of hydrogen-bond acceptors (Lipinski definition) is 1. The summed E-state index contributed by atoms with van der Waals surface area (Å²) >= 11 is 11.5. The first-order chi connectivity index (χ1) is 7.54. The zero-order chi connectivity index (χ0) is 11.7. The van der Waals surface area contributed by atoms with Gasteiger partial charge in [-0.1, -0.05) is 23.2 Å². The zero-order valence-electron chi connectivity index (χ0n) is 8.05. The predicted molar refractivity (Wildman–Crippen MR) is 63.5 cm³/mol. The highest BCUT2D eigenvalue weighted by Gasteiger charge is 2.04. The molecule has 1 nitrogen and oxygen atoms in total. The molecule has 82 valence electrons. The summed E-state index contributed by atoms with van der Waals surface area (Å²) in [6.07, 6.45) is 0. The summed E-state index contributed by atoms with van der Waals surface area (Å²) in [5.41, 5.74) is 1.19. The van der Waals surface area contributed by atoms with Crippen LogP contribution in [0.1, 0.15) is 0 Å². The minimum absolute atomic E-state index is 0.0304. The van der Waals surface area contributed by atoms with Gasteiger partial charge in [-0.2, -0.15) is 0 Å². The van der Waals surface area contributed by atoms with Crippen LogP contribution < -0.4 is 0 Å². The van der Waals surface area contributed by atoms with Gasteiger partial charge in [-0.25, -0.2) is 4.39 Å². The number of rotatable bonds is 1. The minimum Gasteiger partial charge on any atom is -0.508 e. The fourth-order valence-corrected chi connectivity index (χ4v) is 1.91. The third-order valence-electron chi connectivity index (χ3n) is 2.08. The van der Waals surface area contributed by atoms with Crippen LogP contribution in [-0.2, 0) is 0 Å². The first kappa shape index (κ1) is 11.2. The molecule has 0 unspecified atom stereocenters. The van der Waals surface area contributed by atoms with Gasteiger partial charge in [0.05, 0.1) is 0 Å². The molecule has 0 fully saturated rings. The lowest BCUT2D eigenvalue weighted by molar-refractivity contribution is 0.475. The smallest absolute Gasteiger partial charge is 0.125 e. The van der Waals surface area contributed by atoms with Crippen molar-refractivity contribution in [2.45, 2.75) is 0 Å². The lowest BCUT2D eigenvalue weighted by atomic mass is 10.1. The molecule has 0 aliphatic carbocycles. The average Bonchev–Trinajstić information content (AvgIpc) is 2.14. The SMILES string of the molecule is Oc1cc(Cl)cc(-c2cc(F)cc(Cl)c2)c1. The van der Waals surface area contributed by atoms with Gasteiger partial charge in [0.2, 0.25) is 0 Å². The van der Waals surface area contributed by atoms with Crippen LogP contribution >= 0.6 is 23.2 Å². The minimum atomic E-state index is -0.429. The Balaban J connectivity index is 2.57. The number of hydrogen-bond donors (Lipinski definition) is 1. The highest BCUT2D eigenvalue weighted by molar-refractivity contribution is 6.31. The van der Waals surface area contributed by atoms with Gasteiger partial charge < -0.3 is 5.11 Å². The van der Waals surface area contributed by atoms with E-state index >= 15 is 0 Å². The Labute approximate surface area is 102 Å². The summed E-state index contributed by atoms with van der Waals surface area (Å²) in [6, 6.07) is 8.69. The van der Waals surface area contributed by atoms with E-state index in [0.717, 1.165) is 0 Å². The third kappa shape index (κ3) is 2.46. The van der Waals surface area contributed by atoms with E-state index in [1.54, 1.807) is 12.1 Å². The van der Waals surface area contributed by atoms with Crippen molar-refractivity contribution in [3.63, 3.8) is 0 Å². The summed E-state index contributed by atoms with van der Waals surface area (Å²) in [7, 11) is 0. The molecule has 4 heteroatoms. The third-order valence-corrected chi connectivity index (χ3v) is 2.51. The molecule has 1 N–H and O–H groups in total. The van der Waals surface area contributed by atoms with E-state index in [1.165, 1.54) is 24.3 Å². The van der Waals surface area contributed by atoms with Gasteiger partial charge in [-0.3, -0.25) is 0 Å². The second-order valence-corrected chi connectivity index (χ2v) is 4.23. The Hall–Kier alpha value is -1.25. The maximum absolute atomic E-state index is 13.1. The fraction of sp³-hybridized carbons (Fsp3) is 0. The van der Waals surface area contributed by atoms with Crippen LogP contribution in [-0.4, -0.2) is 5.11 Å². The van der Waals surface area contributed by atoms with Gasteiger partial charge in [0.15, 0.2) is 0 Å². The van der Waals surface area contributed by atoms with Crippen molar-refractivity contribution >= 4 is 23.2 Å². The van der Waals surface area contributed by atoms with Crippen molar-refractivity contribution in [3.05, 3.63) is 52.3 Å². The zero-order valence-corrected chi connectivity index (χ0v) is 9.56. The Morgan fingerprint density at radius 2 is 1.38 bits per heavy atom. The van der Waals surface area contributed by atoms with Crippen molar-refractivity contribution in [2.75, 3.05) is 0 Å². The molecule has 2 aromatic carbocycles. The van der Waals surface area contributed by atoms with Crippen LogP contribution in [0.15, 0.2) is 36.4 Å². The molecule has 0 heterocycles. The number of benzene rings is 2. The molecular weight excluding hydrogens is 250 g/mol. The van der Waals surface area contributed by atoms with Crippen molar-refractivity contribution in [1.82, 2.24) is 0 Å². The fourth-order valence-electron chi connectivity index (χ4n) is 1.46. The first-order valence-corrected chi connectivity index (χ1v) is 5.26.